The highest BCUT2D eigenvalue weighted by Crippen LogP contribution is 2.14. The molecular formula is C8H7NO2S. The first-order chi connectivity index (χ1) is 5.83. The van der Waals surface area contributed by atoms with Gasteiger partial charge < -0.3 is 4.84 Å². The van der Waals surface area contributed by atoms with Gasteiger partial charge in [0.2, 0.25) is 0 Å². The quantitative estimate of drug-likeness (QED) is 0.660. The van der Waals surface area contributed by atoms with Crippen molar-refractivity contribution in [3.05, 3.63) is 34.6 Å². The molecule has 0 aliphatic carbocycles. The van der Waals surface area contributed by atoms with Gasteiger partial charge in [-0.05, 0) is 23.7 Å². The maximum Gasteiger partial charge on any atom is 0.302 e. The second-order valence-electron chi connectivity index (χ2n) is 2.33. The molecule has 0 atom stereocenters. The molecule has 0 aliphatic heterocycles. The van der Waals surface area contributed by atoms with E-state index in [1.807, 2.05) is 18.2 Å². The molecule has 12 heavy (non-hydrogen) atoms. The highest BCUT2D eigenvalue weighted by molar-refractivity contribution is 7.13. The molecule has 3 nitrogen and oxygen atoms in total. The van der Waals surface area contributed by atoms with Crippen molar-refractivity contribution < 1.29 is 4.84 Å². The molecule has 1 aromatic heterocycles. The number of benzene rings is 1. The van der Waals surface area contributed by atoms with Crippen molar-refractivity contribution in [2.75, 3.05) is 7.11 Å². The molecule has 1 heterocycles. The van der Waals surface area contributed by atoms with Crippen LogP contribution in [-0.4, -0.2) is 11.2 Å². The van der Waals surface area contributed by atoms with Crippen molar-refractivity contribution >= 4 is 21.6 Å². The van der Waals surface area contributed by atoms with Crippen LogP contribution in [0.1, 0.15) is 0 Å². The molecule has 2 rings (SSSR count). The number of hydrogen-bond acceptors (Lipinski definition) is 3. The number of rotatable bonds is 1. The molecule has 0 aliphatic rings. The van der Waals surface area contributed by atoms with E-state index in [4.69, 9.17) is 4.84 Å². The van der Waals surface area contributed by atoms with Gasteiger partial charge in [0.05, 0.1) is 10.1 Å². The van der Waals surface area contributed by atoms with Crippen LogP contribution in [0.25, 0.3) is 10.1 Å². The lowest BCUT2D eigenvalue weighted by molar-refractivity contribution is 0.189. The predicted octanol–water partition coefficient (Wildman–Crippen LogP) is 1.12. The second kappa shape index (κ2) is 2.64. The molecule has 1 aromatic carbocycles. The third kappa shape index (κ3) is 0.921. The fourth-order valence-electron chi connectivity index (χ4n) is 1.07. The molecule has 4 heteroatoms. The molecule has 0 saturated carbocycles. The summed E-state index contributed by atoms with van der Waals surface area (Å²) in [4.78, 5) is 16.3. The summed E-state index contributed by atoms with van der Waals surface area (Å²) >= 11 is 1.31. The minimum atomic E-state index is -0.0851. The summed E-state index contributed by atoms with van der Waals surface area (Å²) in [7, 11) is 1.48. The first-order valence-electron chi connectivity index (χ1n) is 3.48. The van der Waals surface area contributed by atoms with Gasteiger partial charge >= 0.3 is 5.56 Å². The Kier molecular flexibility index (Phi) is 1.62. The lowest BCUT2D eigenvalue weighted by atomic mass is 10.3. The average Bonchev–Trinajstić information content (AvgIpc) is 2.44. The first kappa shape index (κ1) is 7.36. The maximum atomic E-state index is 11.4. The van der Waals surface area contributed by atoms with Crippen LogP contribution in [0.2, 0.25) is 0 Å². The van der Waals surface area contributed by atoms with Crippen LogP contribution in [0.15, 0.2) is 29.1 Å². The van der Waals surface area contributed by atoms with E-state index in [2.05, 4.69) is 0 Å². The van der Waals surface area contributed by atoms with Gasteiger partial charge in [-0.2, -0.15) is 0 Å². The highest BCUT2D eigenvalue weighted by atomic mass is 32.1. The van der Waals surface area contributed by atoms with Gasteiger partial charge in [-0.15, -0.1) is 0 Å². The topological polar surface area (TPSA) is 31.2 Å². The lowest BCUT2D eigenvalue weighted by Gasteiger charge is -1.91. The van der Waals surface area contributed by atoms with E-state index in [-0.39, 0.29) is 5.56 Å². The second-order valence-corrected chi connectivity index (χ2v) is 3.29. The van der Waals surface area contributed by atoms with E-state index < -0.39 is 0 Å². The minimum absolute atomic E-state index is 0.0851. The molecule has 0 unspecified atom stereocenters. The van der Waals surface area contributed by atoms with E-state index in [0.29, 0.717) is 5.39 Å². The van der Waals surface area contributed by atoms with Gasteiger partial charge in [-0.1, -0.05) is 16.3 Å². The van der Waals surface area contributed by atoms with E-state index in [1.54, 1.807) is 6.07 Å². The summed E-state index contributed by atoms with van der Waals surface area (Å²) in [6.07, 6.45) is 0. The summed E-state index contributed by atoms with van der Waals surface area (Å²) in [5.74, 6) is 0. The van der Waals surface area contributed by atoms with E-state index in [1.165, 1.54) is 22.8 Å². The van der Waals surface area contributed by atoms with E-state index in [0.717, 1.165) is 4.70 Å². The van der Waals surface area contributed by atoms with Crippen LogP contribution in [0.3, 0.4) is 0 Å². The van der Waals surface area contributed by atoms with Crippen molar-refractivity contribution in [1.29, 1.82) is 0 Å². The average molecular weight is 181 g/mol. The number of nitrogens with zero attached hydrogens (tertiary/aromatic N) is 1. The summed E-state index contributed by atoms with van der Waals surface area (Å²) in [5.41, 5.74) is -0.0851. The summed E-state index contributed by atoms with van der Waals surface area (Å²) in [5, 5.41) is 0.712. The lowest BCUT2D eigenvalue weighted by Crippen LogP contribution is -2.17. The maximum absolute atomic E-state index is 11.4. The van der Waals surface area contributed by atoms with Crippen LogP contribution in [0.5, 0.6) is 0 Å². The SMILES string of the molecule is COn1sc2ccccc2c1=O. The van der Waals surface area contributed by atoms with Gasteiger partial charge in [0.1, 0.15) is 7.11 Å². The predicted molar refractivity (Wildman–Crippen MR) is 48.6 cm³/mol. The van der Waals surface area contributed by atoms with Gasteiger partial charge in [-0.25, -0.2) is 0 Å². The fraction of sp³-hybridized carbons (Fsp3) is 0.125. The molecule has 62 valence electrons. The Labute approximate surface area is 72.9 Å². The molecule has 0 fully saturated rings. The summed E-state index contributed by atoms with van der Waals surface area (Å²) < 4.78 is 2.22. The van der Waals surface area contributed by atoms with Crippen LogP contribution < -0.4 is 10.4 Å². The molecule has 0 bridgehead atoms. The summed E-state index contributed by atoms with van der Waals surface area (Å²) in [6, 6.07) is 7.44. The van der Waals surface area contributed by atoms with Crippen LogP contribution in [0.4, 0.5) is 0 Å². The minimum Gasteiger partial charge on any atom is -0.404 e. The van der Waals surface area contributed by atoms with Crippen LogP contribution >= 0.6 is 11.5 Å². The number of fused-ring (bicyclic) bond motifs is 1. The molecule has 0 amide bonds. The van der Waals surface area contributed by atoms with Gasteiger partial charge in [0.25, 0.3) is 0 Å². The Hall–Kier alpha value is -1.29. The smallest absolute Gasteiger partial charge is 0.302 e. The van der Waals surface area contributed by atoms with E-state index >= 15 is 0 Å². The zero-order chi connectivity index (χ0) is 8.55. The Bertz CT molecular complexity index is 457. The van der Waals surface area contributed by atoms with Crippen LogP contribution in [0, 0.1) is 0 Å². The van der Waals surface area contributed by atoms with E-state index in [9.17, 15) is 4.79 Å². The third-order valence-electron chi connectivity index (χ3n) is 1.63. The van der Waals surface area contributed by atoms with Crippen molar-refractivity contribution in [1.82, 2.24) is 4.12 Å². The molecule has 0 spiro atoms. The summed E-state index contributed by atoms with van der Waals surface area (Å²) in [6.45, 7) is 0. The number of hydrogen-bond donors (Lipinski definition) is 0. The van der Waals surface area contributed by atoms with Crippen LogP contribution in [-0.2, 0) is 0 Å². The molecule has 2 aromatic rings. The third-order valence-corrected chi connectivity index (χ3v) is 2.66. The molecule has 0 radical (unpaired) electrons. The van der Waals surface area contributed by atoms with Gasteiger partial charge in [0.15, 0.2) is 0 Å². The van der Waals surface area contributed by atoms with Crippen molar-refractivity contribution in [2.45, 2.75) is 0 Å². The highest BCUT2D eigenvalue weighted by Gasteiger charge is 2.04. The zero-order valence-corrected chi connectivity index (χ0v) is 7.30. The monoisotopic (exact) mass is 181 g/mol. The Morgan fingerprint density at radius 1 is 1.42 bits per heavy atom. The fourth-order valence-corrected chi connectivity index (χ4v) is 1.90. The Morgan fingerprint density at radius 2 is 2.17 bits per heavy atom. The van der Waals surface area contributed by atoms with Crippen molar-refractivity contribution in [3.8, 4) is 0 Å². The first-order valence-corrected chi connectivity index (χ1v) is 4.26. The van der Waals surface area contributed by atoms with Crippen molar-refractivity contribution in [2.24, 2.45) is 0 Å². The van der Waals surface area contributed by atoms with Gasteiger partial charge in [0, 0.05) is 0 Å². The largest absolute Gasteiger partial charge is 0.404 e. The van der Waals surface area contributed by atoms with Gasteiger partial charge in [-0.3, -0.25) is 4.79 Å². The number of aromatic nitrogens is 1. The Balaban J connectivity index is 2.88. The normalized spacial score (nSPS) is 10.4. The molecule has 0 N–H and O–H groups in total. The zero-order valence-electron chi connectivity index (χ0n) is 6.48. The Morgan fingerprint density at radius 3 is 2.83 bits per heavy atom. The van der Waals surface area contributed by atoms with Crippen molar-refractivity contribution in [3.63, 3.8) is 0 Å². The standard InChI is InChI=1S/C8H7NO2S/c1-11-9-8(10)6-4-2-3-5-7(6)12-9/h2-5H,1H3. The molecule has 0 saturated heterocycles. The molecular weight excluding hydrogens is 174 g/mol.